The van der Waals surface area contributed by atoms with Crippen molar-refractivity contribution in [3.8, 4) is 11.5 Å². The van der Waals surface area contributed by atoms with Crippen LogP contribution in [0.2, 0.25) is 0 Å². The van der Waals surface area contributed by atoms with Crippen molar-refractivity contribution in [3.63, 3.8) is 0 Å². The zero-order chi connectivity index (χ0) is 15.4. The van der Waals surface area contributed by atoms with E-state index in [9.17, 15) is 18.9 Å². The highest BCUT2D eigenvalue weighted by atomic mass is 19.1. The summed E-state index contributed by atoms with van der Waals surface area (Å²) in [6.45, 7) is -0.354. The molecule has 0 unspecified atom stereocenters. The van der Waals surface area contributed by atoms with Gasteiger partial charge in [0.2, 0.25) is 0 Å². The molecule has 7 heteroatoms. The Labute approximate surface area is 118 Å². The van der Waals surface area contributed by atoms with Crippen LogP contribution >= 0.6 is 0 Å². The van der Waals surface area contributed by atoms with E-state index in [0.29, 0.717) is 0 Å². The molecule has 0 saturated carbocycles. The molecule has 21 heavy (non-hydrogen) atoms. The lowest BCUT2D eigenvalue weighted by molar-refractivity contribution is -0.385. The van der Waals surface area contributed by atoms with Gasteiger partial charge in [0.1, 0.15) is 18.2 Å². The molecule has 0 amide bonds. The molecule has 110 valence electrons. The van der Waals surface area contributed by atoms with Gasteiger partial charge >= 0.3 is 0 Å². The Hall–Kier alpha value is -2.70. The molecule has 0 heterocycles. The Bertz CT molecular complexity index is 656. The van der Waals surface area contributed by atoms with Gasteiger partial charge in [-0.05, 0) is 18.2 Å². The molecule has 0 aliphatic heterocycles. The van der Waals surface area contributed by atoms with Gasteiger partial charge in [-0.25, -0.2) is 8.78 Å². The van der Waals surface area contributed by atoms with Crippen molar-refractivity contribution in [3.05, 3.63) is 63.7 Å². The molecule has 0 aliphatic carbocycles. The second-order valence-corrected chi connectivity index (χ2v) is 4.08. The number of non-ortho nitro benzene ring substituents is 1. The first kappa shape index (κ1) is 14.7. The molecule has 0 aliphatic rings. The molecule has 0 atom stereocenters. The topological polar surface area (TPSA) is 61.6 Å². The molecule has 0 saturated heterocycles. The van der Waals surface area contributed by atoms with Crippen LogP contribution in [0.4, 0.5) is 14.5 Å². The van der Waals surface area contributed by atoms with Crippen molar-refractivity contribution in [2.75, 3.05) is 7.11 Å². The van der Waals surface area contributed by atoms with Gasteiger partial charge < -0.3 is 9.47 Å². The first-order valence-corrected chi connectivity index (χ1v) is 5.91. The number of nitro benzene ring substituents is 1. The maximum absolute atomic E-state index is 13.5. The first-order chi connectivity index (χ1) is 10.0. The maximum Gasteiger partial charge on any atom is 0.273 e. The van der Waals surface area contributed by atoms with E-state index in [1.807, 2.05) is 0 Å². The fraction of sp³-hybridized carbons (Fsp3) is 0.143. The quantitative estimate of drug-likeness (QED) is 0.626. The van der Waals surface area contributed by atoms with Crippen LogP contribution in [-0.4, -0.2) is 12.0 Å². The van der Waals surface area contributed by atoms with Crippen LogP contribution in [0.25, 0.3) is 0 Å². The number of halogens is 2. The summed E-state index contributed by atoms with van der Waals surface area (Å²) in [5.41, 5.74) is -0.394. The summed E-state index contributed by atoms with van der Waals surface area (Å²) in [6.07, 6.45) is 0. The lowest BCUT2D eigenvalue weighted by Gasteiger charge is -2.11. The average Bonchev–Trinajstić information content (AvgIpc) is 2.46. The van der Waals surface area contributed by atoms with Crippen LogP contribution in [0.1, 0.15) is 5.56 Å². The van der Waals surface area contributed by atoms with Crippen LogP contribution < -0.4 is 9.47 Å². The normalized spacial score (nSPS) is 10.2. The van der Waals surface area contributed by atoms with E-state index in [1.165, 1.54) is 31.4 Å². The Morgan fingerprint density at radius 1 is 1.14 bits per heavy atom. The van der Waals surface area contributed by atoms with Gasteiger partial charge in [0.25, 0.3) is 5.69 Å². The number of methoxy groups -OCH3 is 1. The number of nitrogens with zero attached hydrogens (tertiary/aromatic N) is 1. The molecule has 0 N–H and O–H groups in total. The maximum atomic E-state index is 13.5. The summed E-state index contributed by atoms with van der Waals surface area (Å²) < 4.78 is 37.2. The predicted molar refractivity (Wildman–Crippen MR) is 70.3 cm³/mol. The fourth-order valence-electron chi connectivity index (χ4n) is 1.71. The molecule has 2 rings (SSSR count). The Balaban J connectivity index is 2.22. The molecule has 5 nitrogen and oxygen atoms in total. The van der Waals surface area contributed by atoms with E-state index in [-0.39, 0.29) is 29.4 Å². The Kier molecular flexibility index (Phi) is 4.32. The van der Waals surface area contributed by atoms with E-state index in [0.717, 1.165) is 12.1 Å². The predicted octanol–water partition coefficient (Wildman–Crippen LogP) is 3.46. The smallest absolute Gasteiger partial charge is 0.273 e. The van der Waals surface area contributed by atoms with Crippen molar-refractivity contribution >= 4 is 5.69 Å². The highest BCUT2D eigenvalue weighted by Gasteiger charge is 2.14. The first-order valence-electron chi connectivity index (χ1n) is 5.91. The van der Waals surface area contributed by atoms with Crippen molar-refractivity contribution < 1.29 is 23.2 Å². The van der Waals surface area contributed by atoms with Crippen LogP contribution in [0.3, 0.4) is 0 Å². The Morgan fingerprint density at radius 2 is 1.81 bits per heavy atom. The third kappa shape index (κ3) is 3.25. The van der Waals surface area contributed by atoms with Crippen molar-refractivity contribution in [2.24, 2.45) is 0 Å². The summed E-state index contributed by atoms with van der Waals surface area (Å²) in [5, 5.41) is 10.7. The summed E-state index contributed by atoms with van der Waals surface area (Å²) in [4.78, 5) is 10.1. The highest BCUT2D eigenvalue weighted by Crippen LogP contribution is 2.32. The number of ether oxygens (including phenoxy) is 2. The van der Waals surface area contributed by atoms with E-state index >= 15 is 0 Å². The van der Waals surface area contributed by atoms with Crippen LogP contribution in [0.5, 0.6) is 11.5 Å². The number of hydrogen-bond acceptors (Lipinski definition) is 4. The van der Waals surface area contributed by atoms with Gasteiger partial charge in [-0.15, -0.1) is 0 Å². The largest absolute Gasteiger partial charge is 0.493 e. The monoisotopic (exact) mass is 295 g/mol. The minimum absolute atomic E-state index is 0.112. The second kappa shape index (κ2) is 6.17. The summed E-state index contributed by atoms with van der Waals surface area (Å²) >= 11 is 0. The SMILES string of the molecule is COc1cc([N+](=O)[O-])ccc1OCc1c(F)cccc1F. The van der Waals surface area contributed by atoms with Gasteiger partial charge in [-0.2, -0.15) is 0 Å². The third-order valence-electron chi connectivity index (χ3n) is 2.79. The van der Waals surface area contributed by atoms with E-state index in [2.05, 4.69) is 0 Å². The van der Waals surface area contributed by atoms with Crippen molar-refractivity contribution in [2.45, 2.75) is 6.61 Å². The minimum Gasteiger partial charge on any atom is -0.493 e. The minimum atomic E-state index is -0.726. The number of rotatable bonds is 5. The summed E-state index contributed by atoms with van der Waals surface area (Å²) in [6, 6.07) is 7.20. The number of nitro groups is 1. The van der Waals surface area contributed by atoms with Crippen LogP contribution in [0.15, 0.2) is 36.4 Å². The fourth-order valence-corrected chi connectivity index (χ4v) is 1.71. The van der Waals surface area contributed by atoms with E-state index in [4.69, 9.17) is 9.47 Å². The van der Waals surface area contributed by atoms with Gasteiger partial charge in [0, 0.05) is 6.07 Å². The zero-order valence-corrected chi connectivity index (χ0v) is 11.0. The molecule has 2 aromatic carbocycles. The molecule has 0 fully saturated rings. The number of hydrogen-bond donors (Lipinski definition) is 0. The van der Waals surface area contributed by atoms with Gasteiger partial charge in [0.15, 0.2) is 11.5 Å². The van der Waals surface area contributed by atoms with E-state index in [1.54, 1.807) is 0 Å². The molecular formula is C14H11F2NO4. The highest BCUT2D eigenvalue weighted by molar-refractivity contribution is 5.48. The van der Waals surface area contributed by atoms with Crippen LogP contribution in [-0.2, 0) is 6.61 Å². The molecule has 0 aromatic heterocycles. The zero-order valence-electron chi connectivity index (χ0n) is 11.0. The van der Waals surface area contributed by atoms with Gasteiger partial charge in [0.05, 0.1) is 23.7 Å². The van der Waals surface area contributed by atoms with Crippen molar-refractivity contribution in [1.82, 2.24) is 0 Å². The molecule has 2 aromatic rings. The standard InChI is InChI=1S/C14H11F2NO4/c1-20-14-7-9(17(18)19)5-6-13(14)21-8-10-11(15)3-2-4-12(10)16/h2-7H,8H2,1H3. The third-order valence-corrected chi connectivity index (χ3v) is 2.79. The van der Waals surface area contributed by atoms with Crippen molar-refractivity contribution in [1.29, 1.82) is 0 Å². The average molecular weight is 295 g/mol. The Morgan fingerprint density at radius 3 is 2.38 bits per heavy atom. The molecular weight excluding hydrogens is 284 g/mol. The lowest BCUT2D eigenvalue weighted by Crippen LogP contribution is -2.03. The molecule has 0 bridgehead atoms. The van der Waals surface area contributed by atoms with E-state index < -0.39 is 16.6 Å². The second-order valence-electron chi connectivity index (χ2n) is 4.08. The lowest BCUT2D eigenvalue weighted by atomic mass is 10.2. The molecule has 0 radical (unpaired) electrons. The summed E-state index contributed by atoms with van der Waals surface area (Å²) in [5.74, 6) is -1.18. The van der Waals surface area contributed by atoms with Gasteiger partial charge in [-0.3, -0.25) is 10.1 Å². The number of benzene rings is 2. The van der Waals surface area contributed by atoms with Crippen LogP contribution in [0, 0.1) is 21.7 Å². The summed E-state index contributed by atoms with van der Waals surface area (Å²) in [7, 11) is 1.32. The molecule has 0 spiro atoms. The van der Waals surface area contributed by atoms with Gasteiger partial charge in [-0.1, -0.05) is 6.07 Å².